The molecule has 2 amide bonds. The van der Waals surface area contributed by atoms with Gasteiger partial charge in [-0.15, -0.1) is 0 Å². The second-order valence-electron chi connectivity index (χ2n) is 3.72. The van der Waals surface area contributed by atoms with E-state index in [-0.39, 0.29) is 6.03 Å². The summed E-state index contributed by atoms with van der Waals surface area (Å²) in [5, 5.41) is 2.76. The average Bonchev–Trinajstić information content (AvgIpc) is 2.65. The predicted molar refractivity (Wildman–Crippen MR) is 61.2 cm³/mol. The van der Waals surface area contributed by atoms with Gasteiger partial charge in [0.2, 0.25) is 0 Å². The molecule has 5 nitrogen and oxygen atoms in total. The summed E-state index contributed by atoms with van der Waals surface area (Å²) in [6.45, 7) is 1.94. The van der Waals surface area contributed by atoms with Gasteiger partial charge in [0.1, 0.15) is 5.75 Å². The van der Waals surface area contributed by atoms with Gasteiger partial charge in [-0.25, -0.2) is 4.79 Å². The number of hydrogen-bond acceptors (Lipinski definition) is 3. The van der Waals surface area contributed by atoms with Crippen molar-refractivity contribution in [1.82, 2.24) is 10.2 Å². The molecule has 1 aromatic carbocycles. The van der Waals surface area contributed by atoms with Gasteiger partial charge in [-0.3, -0.25) is 0 Å². The van der Waals surface area contributed by atoms with Gasteiger partial charge in [0.05, 0.1) is 13.7 Å². The van der Waals surface area contributed by atoms with Crippen LogP contribution in [0.3, 0.4) is 0 Å². The Labute approximate surface area is 94.2 Å². The largest absolute Gasteiger partial charge is 0.496 e. The fourth-order valence-electron chi connectivity index (χ4n) is 1.79. The Morgan fingerprint density at radius 1 is 1.56 bits per heavy atom. The molecule has 1 saturated heterocycles. The van der Waals surface area contributed by atoms with Gasteiger partial charge < -0.3 is 20.7 Å². The highest BCUT2D eigenvalue weighted by molar-refractivity contribution is 5.76. The van der Waals surface area contributed by atoms with Crippen LogP contribution in [-0.2, 0) is 6.54 Å². The van der Waals surface area contributed by atoms with Crippen LogP contribution in [-0.4, -0.2) is 31.1 Å². The standard InChI is InChI=1S/C11H15N3O2/c1-16-10-3-2-9(12)6-8(10)7-14-5-4-13-11(14)15/h2-3,6H,4-5,7,12H2,1H3,(H,13,15). The van der Waals surface area contributed by atoms with Gasteiger partial charge in [-0.05, 0) is 18.2 Å². The van der Waals surface area contributed by atoms with E-state index in [1.165, 1.54) is 0 Å². The number of amides is 2. The van der Waals surface area contributed by atoms with Crippen LogP contribution in [0.1, 0.15) is 5.56 Å². The number of urea groups is 1. The molecule has 1 aromatic rings. The molecule has 86 valence electrons. The van der Waals surface area contributed by atoms with Crippen molar-refractivity contribution in [2.45, 2.75) is 6.54 Å². The molecule has 0 aliphatic carbocycles. The van der Waals surface area contributed by atoms with Gasteiger partial charge >= 0.3 is 6.03 Å². The lowest BCUT2D eigenvalue weighted by molar-refractivity contribution is 0.215. The van der Waals surface area contributed by atoms with Crippen LogP contribution in [0.15, 0.2) is 18.2 Å². The lowest BCUT2D eigenvalue weighted by atomic mass is 10.1. The fraction of sp³-hybridized carbons (Fsp3) is 0.364. The van der Waals surface area contributed by atoms with Gasteiger partial charge in [0.15, 0.2) is 0 Å². The molecule has 1 heterocycles. The quantitative estimate of drug-likeness (QED) is 0.742. The normalized spacial score (nSPS) is 15.1. The zero-order chi connectivity index (χ0) is 11.5. The second-order valence-corrected chi connectivity index (χ2v) is 3.72. The highest BCUT2D eigenvalue weighted by atomic mass is 16.5. The first-order chi connectivity index (χ1) is 7.70. The maximum Gasteiger partial charge on any atom is 0.317 e. The highest BCUT2D eigenvalue weighted by Gasteiger charge is 2.20. The van der Waals surface area contributed by atoms with E-state index in [0.29, 0.717) is 18.8 Å². The summed E-state index contributed by atoms with van der Waals surface area (Å²) < 4.78 is 5.23. The Balaban J connectivity index is 2.19. The Kier molecular flexibility index (Phi) is 2.85. The Hall–Kier alpha value is -1.91. The van der Waals surface area contributed by atoms with E-state index < -0.39 is 0 Å². The van der Waals surface area contributed by atoms with E-state index >= 15 is 0 Å². The number of anilines is 1. The van der Waals surface area contributed by atoms with Crippen LogP contribution in [0.4, 0.5) is 10.5 Å². The predicted octanol–water partition coefficient (Wildman–Crippen LogP) is 0.803. The first-order valence-electron chi connectivity index (χ1n) is 5.16. The zero-order valence-electron chi connectivity index (χ0n) is 9.19. The third-order valence-electron chi connectivity index (χ3n) is 2.61. The van der Waals surface area contributed by atoms with Gasteiger partial charge in [0, 0.05) is 24.3 Å². The van der Waals surface area contributed by atoms with E-state index in [0.717, 1.165) is 17.9 Å². The number of nitrogen functional groups attached to an aromatic ring is 1. The molecule has 0 bridgehead atoms. The summed E-state index contributed by atoms with van der Waals surface area (Å²) in [5.41, 5.74) is 7.32. The van der Waals surface area contributed by atoms with E-state index in [2.05, 4.69) is 5.32 Å². The number of nitrogens with zero attached hydrogens (tertiary/aromatic N) is 1. The van der Waals surface area contributed by atoms with Crippen LogP contribution in [0.25, 0.3) is 0 Å². The van der Waals surface area contributed by atoms with Crippen molar-refractivity contribution in [2.75, 3.05) is 25.9 Å². The number of benzene rings is 1. The number of carbonyl (C=O) groups is 1. The van der Waals surface area contributed by atoms with Gasteiger partial charge in [-0.2, -0.15) is 0 Å². The monoisotopic (exact) mass is 221 g/mol. The van der Waals surface area contributed by atoms with Crippen LogP contribution in [0, 0.1) is 0 Å². The van der Waals surface area contributed by atoms with Crippen LogP contribution >= 0.6 is 0 Å². The summed E-state index contributed by atoms with van der Waals surface area (Å²) in [5.74, 6) is 0.758. The molecule has 0 radical (unpaired) electrons. The van der Waals surface area contributed by atoms with Gasteiger partial charge in [-0.1, -0.05) is 0 Å². The summed E-state index contributed by atoms with van der Waals surface area (Å²) in [6, 6.07) is 5.40. The van der Waals surface area contributed by atoms with Crippen molar-refractivity contribution >= 4 is 11.7 Å². The topological polar surface area (TPSA) is 67.6 Å². The molecule has 0 saturated carbocycles. The Bertz CT molecular complexity index is 406. The minimum absolute atomic E-state index is 0.0375. The number of rotatable bonds is 3. The number of nitrogens with two attached hydrogens (primary N) is 1. The molecule has 0 aromatic heterocycles. The van der Waals surface area contributed by atoms with Crippen molar-refractivity contribution in [3.8, 4) is 5.75 Å². The molecule has 2 rings (SSSR count). The maximum absolute atomic E-state index is 11.4. The molecular weight excluding hydrogens is 206 g/mol. The number of ether oxygens (including phenoxy) is 1. The van der Waals surface area contributed by atoms with Gasteiger partial charge in [0.25, 0.3) is 0 Å². The maximum atomic E-state index is 11.4. The third-order valence-corrected chi connectivity index (χ3v) is 2.61. The molecule has 3 N–H and O–H groups in total. The first-order valence-corrected chi connectivity index (χ1v) is 5.16. The van der Waals surface area contributed by atoms with Crippen molar-refractivity contribution in [3.05, 3.63) is 23.8 Å². The molecule has 16 heavy (non-hydrogen) atoms. The van der Waals surface area contributed by atoms with Crippen molar-refractivity contribution in [2.24, 2.45) is 0 Å². The molecule has 5 heteroatoms. The van der Waals surface area contributed by atoms with E-state index in [1.54, 1.807) is 18.1 Å². The van der Waals surface area contributed by atoms with E-state index in [1.807, 2.05) is 12.1 Å². The smallest absolute Gasteiger partial charge is 0.317 e. The lowest BCUT2D eigenvalue weighted by Crippen LogP contribution is -2.27. The highest BCUT2D eigenvalue weighted by Crippen LogP contribution is 2.23. The summed E-state index contributed by atoms with van der Waals surface area (Å²) >= 11 is 0. The van der Waals surface area contributed by atoms with Crippen molar-refractivity contribution in [1.29, 1.82) is 0 Å². The number of carbonyl (C=O) groups excluding carboxylic acids is 1. The lowest BCUT2D eigenvalue weighted by Gasteiger charge is -2.16. The molecule has 0 spiro atoms. The number of methoxy groups -OCH3 is 1. The summed E-state index contributed by atoms with van der Waals surface area (Å²) in [7, 11) is 1.61. The molecular formula is C11H15N3O2. The molecule has 1 aliphatic rings. The zero-order valence-corrected chi connectivity index (χ0v) is 9.19. The van der Waals surface area contributed by atoms with Crippen LogP contribution < -0.4 is 15.8 Å². The second kappa shape index (κ2) is 4.30. The Morgan fingerprint density at radius 2 is 2.38 bits per heavy atom. The average molecular weight is 221 g/mol. The fourth-order valence-corrected chi connectivity index (χ4v) is 1.79. The molecule has 1 fully saturated rings. The summed E-state index contributed by atoms with van der Waals surface area (Å²) in [4.78, 5) is 13.1. The van der Waals surface area contributed by atoms with E-state index in [4.69, 9.17) is 10.5 Å². The number of nitrogens with one attached hydrogen (secondary N) is 1. The minimum Gasteiger partial charge on any atom is -0.496 e. The van der Waals surface area contributed by atoms with E-state index in [9.17, 15) is 4.79 Å². The molecule has 1 aliphatic heterocycles. The summed E-state index contributed by atoms with van der Waals surface area (Å²) in [6.07, 6.45) is 0. The SMILES string of the molecule is COc1ccc(N)cc1CN1CCNC1=O. The van der Waals surface area contributed by atoms with Crippen LogP contribution in [0.2, 0.25) is 0 Å². The number of hydrogen-bond donors (Lipinski definition) is 2. The minimum atomic E-state index is -0.0375. The molecule has 0 unspecified atom stereocenters. The third kappa shape index (κ3) is 2.03. The van der Waals surface area contributed by atoms with Crippen LogP contribution in [0.5, 0.6) is 5.75 Å². The van der Waals surface area contributed by atoms with Crippen molar-refractivity contribution in [3.63, 3.8) is 0 Å². The molecule has 0 atom stereocenters. The Morgan fingerprint density at radius 3 is 3.00 bits per heavy atom. The van der Waals surface area contributed by atoms with Crippen molar-refractivity contribution < 1.29 is 9.53 Å². The first kappa shape index (κ1) is 10.6.